The molecule has 2 N–H and O–H groups in total. The van der Waals surface area contributed by atoms with Crippen LogP contribution in [0.5, 0.6) is 0 Å². The highest BCUT2D eigenvalue weighted by molar-refractivity contribution is 7.92. The van der Waals surface area contributed by atoms with Crippen LogP contribution in [0.15, 0.2) is 54.7 Å². The Morgan fingerprint density at radius 3 is 2.50 bits per heavy atom. The van der Waals surface area contributed by atoms with Gasteiger partial charge in [0.2, 0.25) is 15.9 Å². The predicted molar refractivity (Wildman–Crippen MR) is 107 cm³/mol. The molecule has 3 rings (SSSR count). The SMILES string of the molecule is COC(=O)c1cn(CC(=O)Nc2cccc(NS(C)(=O)=O)c2)c2ccccc12. The molecule has 3 aromatic rings. The number of esters is 1. The molecule has 1 amide bonds. The van der Waals surface area contributed by atoms with Gasteiger partial charge in [0.1, 0.15) is 6.54 Å². The van der Waals surface area contributed by atoms with Crippen molar-refractivity contribution in [3.05, 3.63) is 60.3 Å². The Morgan fingerprint density at radius 2 is 1.79 bits per heavy atom. The Bertz CT molecular complexity index is 1150. The van der Waals surface area contributed by atoms with Crippen LogP contribution in [0.1, 0.15) is 10.4 Å². The van der Waals surface area contributed by atoms with Gasteiger partial charge in [-0.1, -0.05) is 24.3 Å². The van der Waals surface area contributed by atoms with Crippen LogP contribution < -0.4 is 10.0 Å². The van der Waals surface area contributed by atoms with E-state index in [1.54, 1.807) is 41.1 Å². The Morgan fingerprint density at radius 1 is 1.07 bits per heavy atom. The average Bonchev–Trinajstić information content (AvgIpc) is 2.98. The van der Waals surface area contributed by atoms with Gasteiger partial charge in [-0.05, 0) is 24.3 Å². The first kappa shape index (κ1) is 19.4. The Balaban J connectivity index is 1.81. The molecule has 146 valence electrons. The molecule has 0 aliphatic carbocycles. The van der Waals surface area contributed by atoms with Gasteiger partial charge in [0.15, 0.2) is 0 Å². The van der Waals surface area contributed by atoms with Gasteiger partial charge in [0.05, 0.1) is 24.6 Å². The third-order valence-corrected chi connectivity index (χ3v) is 4.56. The van der Waals surface area contributed by atoms with E-state index in [-0.39, 0.29) is 12.5 Å². The number of rotatable bonds is 6. The van der Waals surface area contributed by atoms with Crippen LogP contribution in [0.25, 0.3) is 10.9 Å². The Labute approximate surface area is 162 Å². The highest BCUT2D eigenvalue weighted by atomic mass is 32.2. The first-order chi connectivity index (χ1) is 13.3. The molecule has 0 spiro atoms. The van der Waals surface area contributed by atoms with Gasteiger partial charge in [-0.15, -0.1) is 0 Å². The zero-order valence-electron chi connectivity index (χ0n) is 15.3. The summed E-state index contributed by atoms with van der Waals surface area (Å²) in [5, 5.41) is 3.42. The summed E-state index contributed by atoms with van der Waals surface area (Å²) in [6.45, 7) is -0.0265. The maximum atomic E-state index is 12.5. The van der Waals surface area contributed by atoms with Crippen molar-refractivity contribution in [1.82, 2.24) is 4.57 Å². The third-order valence-electron chi connectivity index (χ3n) is 3.96. The zero-order chi connectivity index (χ0) is 20.3. The number of carbonyl (C=O) groups excluding carboxylic acids is 2. The fourth-order valence-electron chi connectivity index (χ4n) is 2.88. The molecule has 0 saturated carbocycles. The van der Waals surface area contributed by atoms with E-state index in [1.807, 2.05) is 12.1 Å². The van der Waals surface area contributed by atoms with Crippen molar-refractivity contribution in [2.24, 2.45) is 0 Å². The number of hydrogen-bond acceptors (Lipinski definition) is 5. The molecule has 9 heteroatoms. The average molecular weight is 401 g/mol. The van der Waals surface area contributed by atoms with Gasteiger partial charge in [0, 0.05) is 22.8 Å². The molecule has 0 atom stereocenters. The van der Waals surface area contributed by atoms with Crippen molar-refractivity contribution in [2.75, 3.05) is 23.4 Å². The molecule has 0 saturated heterocycles. The van der Waals surface area contributed by atoms with Crippen LogP contribution in [0.4, 0.5) is 11.4 Å². The smallest absolute Gasteiger partial charge is 0.340 e. The molecule has 0 fully saturated rings. The van der Waals surface area contributed by atoms with E-state index in [0.29, 0.717) is 22.3 Å². The van der Waals surface area contributed by atoms with Crippen LogP contribution in [0, 0.1) is 0 Å². The summed E-state index contributed by atoms with van der Waals surface area (Å²) >= 11 is 0. The first-order valence-corrected chi connectivity index (χ1v) is 10.2. The van der Waals surface area contributed by atoms with E-state index in [2.05, 4.69) is 10.0 Å². The van der Waals surface area contributed by atoms with Crippen molar-refractivity contribution < 1.29 is 22.7 Å². The van der Waals surface area contributed by atoms with E-state index in [0.717, 1.165) is 11.8 Å². The van der Waals surface area contributed by atoms with Gasteiger partial charge in [0.25, 0.3) is 0 Å². The third kappa shape index (κ3) is 4.49. The van der Waals surface area contributed by atoms with Gasteiger partial charge in [-0.25, -0.2) is 13.2 Å². The van der Waals surface area contributed by atoms with Gasteiger partial charge >= 0.3 is 5.97 Å². The number of aromatic nitrogens is 1. The second-order valence-electron chi connectivity index (χ2n) is 6.18. The number of amides is 1. The number of carbonyl (C=O) groups is 2. The number of nitrogens with one attached hydrogen (secondary N) is 2. The summed E-state index contributed by atoms with van der Waals surface area (Å²) in [5.74, 6) is -0.802. The standard InChI is InChI=1S/C19H19N3O5S/c1-27-19(24)16-11-22(17-9-4-3-8-15(16)17)12-18(23)20-13-6-5-7-14(10-13)21-28(2,25)26/h3-11,21H,12H2,1-2H3,(H,20,23). The van der Waals surface area contributed by atoms with Crippen molar-refractivity contribution in [2.45, 2.75) is 6.54 Å². The number of para-hydroxylation sites is 1. The summed E-state index contributed by atoms with van der Waals surface area (Å²) in [7, 11) is -2.11. The van der Waals surface area contributed by atoms with Crippen LogP contribution >= 0.6 is 0 Å². The minimum atomic E-state index is -3.41. The summed E-state index contributed by atoms with van der Waals surface area (Å²) in [4.78, 5) is 24.5. The van der Waals surface area contributed by atoms with Crippen LogP contribution in [-0.2, 0) is 26.1 Å². The fourth-order valence-corrected chi connectivity index (χ4v) is 3.44. The number of benzene rings is 2. The minimum absolute atomic E-state index is 0.0265. The number of hydrogen-bond donors (Lipinski definition) is 2. The highest BCUT2D eigenvalue weighted by Crippen LogP contribution is 2.22. The molecule has 1 aromatic heterocycles. The topological polar surface area (TPSA) is 106 Å². The van der Waals surface area contributed by atoms with Crippen molar-refractivity contribution in [3.63, 3.8) is 0 Å². The fraction of sp³-hybridized carbons (Fsp3) is 0.158. The molecule has 0 bridgehead atoms. The van der Waals surface area contributed by atoms with E-state index in [1.165, 1.54) is 13.2 Å². The van der Waals surface area contributed by atoms with Crippen molar-refractivity contribution in [3.8, 4) is 0 Å². The predicted octanol–water partition coefficient (Wildman–Crippen LogP) is 2.44. The number of anilines is 2. The molecule has 2 aromatic carbocycles. The van der Waals surface area contributed by atoms with E-state index in [4.69, 9.17) is 4.74 Å². The summed E-state index contributed by atoms with van der Waals surface area (Å²) in [6, 6.07) is 13.6. The lowest BCUT2D eigenvalue weighted by atomic mass is 10.2. The number of nitrogens with zero attached hydrogens (tertiary/aromatic N) is 1. The lowest BCUT2D eigenvalue weighted by Gasteiger charge is -2.09. The molecule has 28 heavy (non-hydrogen) atoms. The highest BCUT2D eigenvalue weighted by Gasteiger charge is 2.16. The molecule has 8 nitrogen and oxygen atoms in total. The van der Waals surface area contributed by atoms with Crippen LogP contribution in [0.3, 0.4) is 0 Å². The van der Waals surface area contributed by atoms with Crippen LogP contribution in [0.2, 0.25) is 0 Å². The minimum Gasteiger partial charge on any atom is -0.465 e. The second-order valence-corrected chi connectivity index (χ2v) is 7.93. The number of ether oxygens (including phenoxy) is 1. The number of fused-ring (bicyclic) bond motifs is 1. The molecule has 0 aliphatic heterocycles. The lowest BCUT2D eigenvalue weighted by Crippen LogP contribution is -2.18. The van der Waals surface area contributed by atoms with Gasteiger partial charge in [-0.2, -0.15) is 0 Å². The maximum absolute atomic E-state index is 12.5. The van der Waals surface area contributed by atoms with E-state index < -0.39 is 16.0 Å². The Kier molecular flexibility index (Phi) is 5.36. The monoisotopic (exact) mass is 401 g/mol. The molecule has 0 aliphatic rings. The summed E-state index contributed by atoms with van der Waals surface area (Å²) in [6.07, 6.45) is 2.63. The van der Waals surface area contributed by atoms with E-state index >= 15 is 0 Å². The summed E-state index contributed by atoms with van der Waals surface area (Å²) in [5.41, 5.74) is 1.90. The van der Waals surface area contributed by atoms with E-state index in [9.17, 15) is 18.0 Å². The summed E-state index contributed by atoms with van der Waals surface area (Å²) < 4.78 is 31.5. The Hall–Kier alpha value is -3.33. The number of methoxy groups -OCH3 is 1. The largest absolute Gasteiger partial charge is 0.465 e. The second kappa shape index (κ2) is 7.73. The van der Waals surface area contributed by atoms with Crippen molar-refractivity contribution in [1.29, 1.82) is 0 Å². The molecular formula is C19H19N3O5S. The van der Waals surface area contributed by atoms with Gasteiger partial charge < -0.3 is 14.6 Å². The van der Waals surface area contributed by atoms with Gasteiger partial charge in [-0.3, -0.25) is 9.52 Å². The van der Waals surface area contributed by atoms with Crippen LogP contribution in [-0.4, -0.2) is 38.2 Å². The van der Waals surface area contributed by atoms with Crippen molar-refractivity contribution >= 4 is 44.2 Å². The quantitative estimate of drug-likeness (QED) is 0.617. The molecule has 1 heterocycles. The molecular weight excluding hydrogens is 382 g/mol. The maximum Gasteiger partial charge on any atom is 0.340 e. The molecule has 0 unspecified atom stereocenters. The first-order valence-electron chi connectivity index (χ1n) is 8.31. The lowest BCUT2D eigenvalue weighted by molar-refractivity contribution is -0.116. The normalized spacial score (nSPS) is 11.2. The molecule has 0 radical (unpaired) electrons. The number of sulfonamides is 1. The zero-order valence-corrected chi connectivity index (χ0v) is 16.1.